The molecule has 0 bridgehead atoms. The number of β-lactam (4-membered cyclic amide) rings is 1. The molecule has 37 heavy (non-hydrogen) atoms. The predicted octanol–water partition coefficient (Wildman–Crippen LogP) is 1.37. The summed E-state index contributed by atoms with van der Waals surface area (Å²) in [4.78, 5) is 48.6. The number of anilines is 1. The number of fused-ring (bicyclic) bond motifs is 1. The van der Waals surface area contributed by atoms with Crippen molar-refractivity contribution in [3.05, 3.63) is 45.7 Å². The molecule has 2 aromatic rings. The van der Waals surface area contributed by atoms with Gasteiger partial charge in [-0.2, -0.15) is 11.8 Å². The number of carboxylic acids is 1. The first kappa shape index (κ1) is 27.3. The second-order valence-electron chi connectivity index (χ2n) is 8.04. The third-order valence-electron chi connectivity index (χ3n) is 5.23. The van der Waals surface area contributed by atoms with E-state index in [1.54, 1.807) is 24.2 Å². The summed E-state index contributed by atoms with van der Waals surface area (Å²) in [6.45, 7) is 1.93. The van der Waals surface area contributed by atoms with Crippen LogP contribution in [0.3, 0.4) is 0 Å². The number of oxime groups is 1. The third kappa shape index (κ3) is 5.87. The summed E-state index contributed by atoms with van der Waals surface area (Å²) in [7, 11) is 0. The van der Waals surface area contributed by atoms with Crippen molar-refractivity contribution in [2.75, 3.05) is 17.2 Å². The summed E-state index contributed by atoms with van der Waals surface area (Å²) in [5.41, 5.74) is 11.9. The second kappa shape index (κ2) is 11.7. The fraction of sp³-hybridized carbons (Fsp3) is 0.333. The maximum Gasteiger partial charge on any atom is 0.353 e. The molecule has 1 unspecified atom stereocenters. The Morgan fingerprint density at radius 1 is 1.43 bits per heavy atom. The van der Waals surface area contributed by atoms with E-state index in [1.807, 2.05) is 13.0 Å². The van der Waals surface area contributed by atoms with Crippen LogP contribution in [0.2, 0.25) is 0 Å². The summed E-state index contributed by atoms with van der Waals surface area (Å²) in [5, 5.41) is 25.8. The molecule has 2 aliphatic rings. The molecule has 4 rings (SSSR count). The first-order chi connectivity index (χ1) is 17.7. The number of thiazole rings is 1. The lowest BCUT2D eigenvalue weighted by molar-refractivity contribution is -0.150. The number of rotatable bonds is 10. The summed E-state index contributed by atoms with van der Waals surface area (Å²) in [6, 6.07) is 0.880. The molecule has 1 saturated heterocycles. The van der Waals surface area contributed by atoms with Crippen LogP contribution in [0.4, 0.5) is 5.13 Å². The Morgan fingerprint density at radius 3 is 2.86 bits per heavy atom. The molecule has 196 valence electrons. The number of nitrogen functional groups attached to an aromatic ring is 1. The number of hydrogen-bond donors (Lipinski definition) is 5. The molecule has 0 aromatic carbocycles. The van der Waals surface area contributed by atoms with Crippen molar-refractivity contribution in [2.24, 2.45) is 10.9 Å². The Morgan fingerprint density at radius 2 is 2.22 bits per heavy atom. The number of aliphatic carboxylic acids is 1. The lowest BCUT2D eigenvalue weighted by Crippen LogP contribution is -2.71. The van der Waals surface area contributed by atoms with Crippen LogP contribution < -0.4 is 16.8 Å². The standard InChI is InChI=1S/C21H23N7O5S4/c1-9(22)5-34-6-10-4-24-3-2-12(10)37-13-8-35-19-15(18(30)28(19)16(13)20(31)32)26-17(29)14(27-33)11-7-36-21(23)25-11/h2-4,7,9,15,19,33H,5-6,8,22H2,1H3,(H2,23,25)(H,26,29)(H,31,32)/b27-14-/t9?,15-,19+/m1/s1. The quantitative estimate of drug-likeness (QED) is 0.117. The van der Waals surface area contributed by atoms with E-state index < -0.39 is 34.9 Å². The molecule has 7 N–H and O–H groups in total. The Labute approximate surface area is 228 Å². The molecule has 2 aromatic heterocycles. The minimum atomic E-state index is -1.23. The number of nitrogens with zero attached hydrogens (tertiary/aromatic N) is 4. The van der Waals surface area contributed by atoms with Crippen molar-refractivity contribution < 1.29 is 24.7 Å². The zero-order valence-corrected chi connectivity index (χ0v) is 22.6. The lowest BCUT2D eigenvalue weighted by Gasteiger charge is -2.49. The monoisotopic (exact) mass is 581 g/mol. The van der Waals surface area contributed by atoms with E-state index in [-0.39, 0.29) is 22.6 Å². The first-order valence-corrected chi connectivity index (χ1v) is 14.7. The van der Waals surface area contributed by atoms with Gasteiger partial charge in [-0.15, -0.1) is 23.1 Å². The lowest BCUT2D eigenvalue weighted by atomic mass is 10.0. The van der Waals surface area contributed by atoms with Crippen LogP contribution in [-0.2, 0) is 20.1 Å². The van der Waals surface area contributed by atoms with Gasteiger partial charge >= 0.3 is 5.97 Å². The average molecular weight is 582 g/mol. The van der Waals surface area contributed by atoms with Gasteiger partial charge in [0.25, 0.3) is 11.8 Å². The number of carbonyl (C=O) groups is 3. The minimum Gasteiger partial charge on any atom is -0.477 e. The highest BCUT2D eigenvalue weighted by atomic mass is 32.2. The molecule has 2 aliphatic heterocycles. The first-order valence-electron chi connectivity index (χ1n) is 10.8. The van der Waals surface area contributed by atoms with E-state index in [9.17, 15) is 24.7 Å². The van der Waals surface area contributed by atoms with E-state index in [0.717, 1.165) is 27.5 Å². The van der Waals surface area contributed by atoms with Crippen molar-refractivity contribution in [3.8, 4) is 0 Å². The number of carboxylic acid groups (broad SMARTS) is 1. The molecule has 2 amide bonds. The van der Waals surface area contributed by atoms with Crippen molar-refractivity contribution >= 4 is 75.2 Å². The number of pyridine rings is 1. The second-order valence-corrected chi connectivity index (χ2v) is 12.2. The van der Waals surface area contributed by atoms with Gasteiger partial charge in [-0.1, -0.05) is 16.9 Å². The normalized spacial score (nSPS) is 20.3. The van der Waals surface area contributed by atoms with Crippen molar-refractivity contribution in [3.63, 3.8) is 0 Å². The van der Waals surface area contributed by atoms with Gasteiger partial charge in [-0.3, -0.25) is 19.5 Å². The molecule has 3 atom stereocenters. The highest BCUT2D eigenvalue weighted by Crippen LogP contribution is 2.45. The van der Waals surface area contributed by atoms with Gasteiger partial charge in [-0.05, 0) is 18.6 Å². The molecule has 0 spiro atoms. The van der Waals surface area contributed by atoms with Gasteiger partial charge in [-0.25, -0.2) is 9.78 Å². The number of nitrogens with one attached hydrogen (secondary N) is 1. The topological polar surface area (TPSA) is 197 Å². The van der Waals surface area contributed by atoms with Crippen LogP contribution >= 0.6 is 46.6 Å². The maximum absolute atomic E-state index is 13.0. The van der Waals surface area contributed by atoms with Crippen LogP contribution in [0.5, 0.6) is 0 Å². The highest BCUT2D eigenvalue weighted by molar-refractivity contribution is 8.06. The van der Waals surface area contributed by atoms with Gasteiger partial charge < -0.3 is 27.1 Å². The summed E-state index contributed by atoms with van der Waals surface area (Å²) < 4.78 is 0. The fourth-order valence-corrected chi connectivity index (χ4v) is 7.74. The van der Waals surface area contributed by atoms with Crippen LogP contribution in [0.25, 0.3) is 0 Å². The van der Waals surface area contributed by atoms with Gasteiger partial charge in [0, 0.05) is 50.9 Å². The molecule has 0 saturated carbocycles. The number of carbonyl (C=O) groups excluding carboxylic acids is 2. The molecule has 0 aliphatic carbocycles. The number of hydrogen-bond acceptors (Lipinski definition) is 13. The van der Waals surface area contributed by atoms with E-state index in [1.165, 1.54) is 33.8 Å². The Kier molecular flexibility index (Phi) is 8.63. The van der Waals surface area contributed by atoms with Gasteiger partial charge in [0.05, 0.1) is 0 Å². The smallest absolute Gasteiger partial charge is 0.353 e. The number of thioether (sulfide) groups is 3. The van der Waals surface area contributed by atoms with E-state index in [2.05, 4.69) is 20.4 Å². The van der Waals surface area contributed by atoms with E-state index in [4.69, 9.17) is 11.5 Å². The zero-order chi connectivity index (χ0) is 26.7. The molecular weight excluding hydrogens is 559 g/mol. The molecule has 16 heteroatoms. The number of amides is 2. The van der Waals surface area contributed by atoms with Crippen molar-refractivity contribution in [1.82, 2.24) is 20.2 Å². The van der Waals surface area contributed by atoms with Crippen molar-refractivity contribution in [2.45, 2.75) is 35.0 Å². The van der Waals surface area contributed by atoms with Crippen LogP contribution in [0.1, 0.15) is 18.2 Å². The summed E-state index contributed by atoms with van der Waals surface area (Å²) in [6.07, 6.45) is 3.38. The molecule has 1 fully saturated rings. The third-order valence-corrected chi connectivity index (χ3v) is 9.85. The number of nitrogens with two attached hydrogens (primary N) is 2. The Balaban J connectivity index is 1.50. The van der Waals surface area contributed by atoms with Gasteiger partial charge in [0.1, 0.15) is 22.8 Å². The van der Waals surface area contributed by atoms with Gasteiger partial charge in [0.2, 0.25) is 0 Å². The zero-order valence-electron chi connectivity index (χ0n) is 19.4. The minimum absolute atomic E-state index is 0.0519. The number of aromatic nitrogens is 2. The summed E-state index contributed by atoms with van der Waals surface area (Å²) >= 11 is 5.36. The maximum atomic E-state index is 13.0. The van der Waals surface area contributed by atoms with Crippen LogP contribution in [0, 0.1) is 0 Å². The largest absolute Gasteiger partial charge is 0.477 e. The average Bonchev–Trinajstić information content (AvgIpc) is 3.29. The van der Waals surface area contributed by atoms with Crippen molar-refractivity contribution in [1.29, 1.82) is 0 Å². The van der Waals surface area contributed by atoms with Gasteiger partial charge in [0.15, 0.2) is 10.8 Å². The molecule has 12 nitrogen and oxygen atoms in total. The predicted molar refractivity (Wildman–Crippen MR) is 144 cm³/mol. The van der Waals surface area contributed by atoms with E-state index >= 15 is 0 Å². The molecular formula is C21H23N7O5S4. The van der Waals surface area contributed by atoms with Crippen LogP contribution in [0.15, 0.2) is 44.5 Å². The Bertz CT molecular complexity index is 1280. The summed E-state index contributed by atoms with van der Waals surface area (Å²) in [5.74, 6) is -0.863. The SMILES string of the molecule is CC(N)CSCc1cnccc1SC1=C(C(=O)O)N2C(=O)[C@@H](NC(=O)/C(=N\O)c3csc(N)n3)[C@@H]2SC1. The molecule has 4 heterocycles. The van der Waals surface area contributed by atoms with E-state index in [0.29, 0.717) is 16.4 Å². The fourth-order valence-electron chi connectivity index (χ4n) is 3.60. The van der Waals surface area contributed by atoms with Crippen LogP contribution in [-0.4, -0.2) is 77.6 Å². The highest BCUT2D eigenvalue weighted by Gasteiger charge is 2.54. The molecule has 0 radical (unpaired) electrons. The Hall–Kier alpha value is -2.79.